The normalized spacial score (nSPS) is 11.4. The highest BCUT2D eigenvalue weighted by molar-refractivity contribution is 6.33. The summed E-state index contributed by atoms with van der Waals surface area (Å²) in [4.78, 5) is 0. The Labute approximate surface area is 185 Å². The molecule has 0 spiro atoms. The summed E-state index contributed by atoms with van der Waals surface area (Å²) in [5.74, 6) is 0. The van der Waals surface area contributed by atoms with E-state index in [1.165, 1.54) is 27.1 Å². The Morgan fingerprint density at radius 1 is 0.613 bits per heavy atom. The fraction of sp³-hybridized carbons (Fsp3) is 0. The largest absolute Gasteiger partial charge is 0.354 e. The van der Waals surface area contributed by atoms with E-state index in [0.29, 0.717) is 5.02 Å². The van der Waals surface area contributed by atoms with Gasteiger partial charge in [-0.05, 0) is 41.8 Å². The van der Waals surface area contributed by atoms with Crippen LogP contribution in [-0.2, 0) is 0 Å². The topological polar surface area (TPSA) is 17.0 Å². The van der Waals surface area contributed by atoms with Crippen LogP contribution in [0.2, 0.25) is 5.02 Å². The van der Waals surface area contributed by atoms with Crippen molar-refractivity contribution >= 4 is 55.6 Å². The van der Waals surface area contributed by atoms with Gasteiger partial charge in [-0.1, -0.05) is 84.4 Å². The summed E-state index contributed by atoms with van der Waals surface area (Å²) in [6, 6.07) is 37.9. The van der Waals surface area contributed by atoms with Crippen LogP contribution in [0.5, 0.6) is 0 Å². The fourth-order valence-corrected chi connectivity index (χ4v) is 4.60. The molecule has 0 bridgehead atoms. The molecule has 148 valence electrons. The van der Waals surface area contributed by atoms with E-state index in [1.54, 1.807) is 0 Å². The first-order valence-corrected chi connectivity index (χ1v) is 10.7. The molecule has 0 atom stereocenters. The van der Waals surface area contributed by atoms with Gasteiger partial charge in [0, 0.05) is 27.5 Å². The second-order valence-electron chi connectivity index (χ2n) is 7.69. The van der Waals surface area contributed by atoms with E-state index in [1.807, 2.05) is 24.3 Å². The molecular formula is C28H19ClN2. The third-order valence-corrected chi connectivity index (χ3v) is 6.15. The lowest BCUT2D eigenvalue weighted by molar-refractivity contribution is 1.19. The molecule has 0 aliphatic rings. The van der Waals surface area contributed by atoms with Crippen LogP contribution in [0.1, 0.15) is 0 Å². The van der Waals surface area contributed by atoms with E-state index in [9.17, 15) is 0 Å². The first kappa shape index (κ1) is 18.1. The molecular weight excluding hydrogens is 400 g/mol. The fourth-order valence-electron chi connectivity index (χ4n) is 4.42. The third-order valence-electron chi connectivity index (χ3n) is 5.82. The average molecular weight is 419 g/mol. The van der Waals surface area contributed by atoms with Gasteiger partial charge in [0.2, 0.25) is 0 Å². The lowest BCUT2D eigenvalue weighted by Gasteiger charge is -2.11. The molecule has 0 fully saturated rings. The maximum Gasteiger partial charge on any atom is 0.0640 e. The minimum absolute atomic E-state index is 0.706. The van der Waals surface area contributed by atoms with Crippen molar-refractivity contribution in [3.05, 3.63) is 114 Å². The number of aromatic nitrogens is 1. The number of hydrogen-bond acceptors (Lipinski definition) is 1. The molecule has 0 aliphatic heterocycles. The molecule has 31 heavy (non-hydrogen) atoms. The zero-order valence-corrected chi connectivity index (χ0v) is 17.5. The maximum atomic E-state index is 6.38. The SMILES string of the molecule is Clc1ccccc1Nc1ccc2c3ccc4ccccc4c3n(-c3ccccc3)c2c1. The maximum absolute atomic E-state index is 6.38. The zero-order chi connectivity index (χ0) is 20.8. The van der Waals surface area contributed by atoms with Gasteiger partial charge in [0.05, 0.1) is 21.7 Å². The van der Waals surface area contributed by atoms with Crippen LogP contribution in [0, 0.1) is 0 Å². The third kappa shape index (κ3) is 2.96. The van der Waals surface area contributed by atoms with E-state index in [4.69, 9.17) is 11.6 Å². The van der Waals surface area contributed by atoms with Crippen molar-refractivity contribution in [1.82, 2.24) is 4.57 Å². The van der Waals surface area contributed by atoms with Crippen molar-refractivity contribution in [2.75, 3.05) is 5.32 Å². The summed E-state index contributed by atoms with van der Waals surface area (Å²) in [5.41, 5.74) is 5.44. The molecule has 0 saturated carbocycles. The van der Waals surface area contributed by atoms with Gasteiger partial charge in [-0.3, -0.25) is 0 Å². The highest BCUT2D eigenvalue weighted by atomic mass is 35.5. The molecule has 1 heterocycles. The number of nitrogens with one attached hydrogen (secondary N) is 1. The first-order chi connectivity index (χ1) is 15.3. The lowest BCUT2D eigenvalue weighted by atomic mass is 10.1. The molecule has 1 N–H and O–H groups in total. The van der Waals surface area contributed by atoms with Gasteiger partial charge < -0.3 is 9.88 Å². The van der Waals surface area contributed by atoms with Gasteiger partial charge in [-0.25, -0.2) is 0 Å². The molecule has 6 aromatic rings. The average Bonchev–Trinajstić information content (AvgIpc) is 3.15. The molecule has 5 aromatic carbocycles. The summed E-state index contributed by atoms with van der Waals surface area (Å²) < 4.78 is 2.37. The Bertz CT molecular complexity index is 1560. The first-order valence-electron chi connectivity index (χ1n) is 10.3. The molecule has 1 aromatic heterocycles. The highest BCUT2D eigenvalue weighted by Gasteiger charge is 2.15. The number of benzene rings is 5. The van der Waals surface area contributed by atoms with Crippen LogP contribution in [-0.4, -0.2) is 4.57 Å². The van der Waals surface area contributed by atoms with Gasteiger partial charge in [0.15, 0.2) is 0 Å². The molecule has 0 amide bonds. The van der Waals surface area contributed by atoms with Crippen LogP contribution in [0.3, 0.4) is 0 Å². The molecule has 0 unspecified atom stereocenters. The smallest absolute Gasteiger partial charge is 0.0640 e. The van der Waals surface area contributed by atoms with Crippen LogP contribution in [0.4, 0.5) is 11.4 Å². The summed E-state index contributed by atoms with van der Waals surface area (Å²) in [5, 5.41) is 9.16. The minimum Gasteiger partial charge on any atom is -0.354 e. The van der Waals surface area contributed by atoms with Gasteiger partial charge in [-0.2, -0.15) is 0 Å². The summed E-state index contributed by atoms with van der Waals surface area (Å²) in [6.45, 7) is 0. The molecule has 0 saturated heterocycles. The Morgan fingerprint density at radius 3 is 2.23 bits per heavy atom. The van der Waals surface area contributed by atoms with E-state index < -0.39 is 0 Å². The summed E-state index contributed by atoms with van der Waals surface area (Å²) in [6.07, 6.45) is 0. The van der Waals surface area contributed by atoms with E-state index in [-0.39, 0.29) is 0 Å². The number of fused-ring (bicyclic) bond motifs is 5. The van der Waals surface area contributed by atoms with Crippen molar-refractivity contribution in [3.63, 3.8) is 0 Å². The van der Waals surface area contributed by atoms with Crippen LogP contribution in [0.25, 0.3) is 38.3 Å². The molecule has 0 radical (unpaired) electrons. The second kappa shape index (κ2) is 7.19. The van der Waals surface area contributed by atoms with Crippen LogP contribution in [0.15, 0.2) is 109 Å². The standard InChI is InChI=1S/C28H19ClN2/c29-25-12-6-7-13-26(25)30-20-15-17-23-24-16-14-19-8-4-5-11-22(19)28(24)31(27(23)18-20)21-9-2-1-3-10-21/h1-18,30H. The number of halogens is 1. The van der Waals surface area contributed by atoms with E-state index >= 15 is 0 Å². The Balaban J connectivity index is 1.68. The van der Waals surface area contributed by atoms with Crippen molar-refractivity contribution in [3.8, 4) is 5.69 Å². The predicted octanol–water partition coefficient (Wildman–Crippen LogP) is 8.33. The van der Waals surface area contributed by atoms with Crippen LogP contribution >= 0.6 is 11.6 Å². The minimum atomic E-state index is 0.706. The summed E-state index contributed by atoms with van der Waals surface area (Å²) in [7, 11) is 0. The summed E-state index contributed by atoms with van der Waals surface area (Å²) >= 11 is 6.38. The van der Waals surface area contributed by atoms with Crippen LogP contribution < -0.4 is 5.32 Å². The Morgan fingerprint density at radius 2 is 1.35 bits per heavy atom. The number of rotatable bonds is 3. The van der Waals surface area contributed by atoms with Gasteiger partial charge in [-0.15, -0.1) is 0 Å². The lowest BCUT2D eigenvalue weighted by Crippen LogP contribution is -1.95. The van der Waals surface area contributed by atoms with Crippen molar-refractivity contribution < 1.29 is 0 Å². The van der Waals surface area contributed by atoms with Gasteiger partial charge in [0.25, 0.3) is 0 Å². The van der Waals surface area contributed by atoms with E-state index in [2.05, 4.69) is 94.8 Å². The Kier molecular flexibility index (Phi) is 4.19. The van der Waals surface area contributed by atoms with Gasteiger partial charge >= 0.3 is 0 Å². The van der Waals surface area contributed by atoms with E-state index in [0.717, 1.165) is 22.6 Å². The number of nitrogens with zero attached hydrogens (tertiary/aromatic N) is 1. The number of anilines is 2. The van der Waals surface area contributed by atoms with Crippen molar-refractivity contribution in [2.45, 2.75) is 0 Å². The van der Waals surface area contributed by atoms with Crippen molar-refractivity contribution in [1.29, 1.82) is 0 Å². The predicted molar refractivity (Wildman–Crippen MR) is 133 cm³/mol. The molecule has 0 aliphatic carbocycles. The monoisotopic (exact) mass is 418 g/mol. The quantitative estimate of drug-likeness (QED) is 0.305. The molecule has 6 rings (SSSR count). The molecule has 3 heteroatoms. The highest BCUT2D eigenvalue weighted by Crippen LogP contribution is 2.38. The van der Waals surface area contributed by atoms with Gasteiger partial charge in [0.1, 0.15) is 0 Å². The number of para-hydroxylation sites is 2. The molecule has 2 nitrogen and oxygen atoms in total. The second-order valence-corrected chi connectivity index (χ2v) is 8.10. The zero-order valence-electron chi connectivity index (χ0n) is 16.7. The van der Waals surface area contributed by atoms with Crippen molar-refractivity contribution in [2.24, 2.45) is 0 Å². The number of hydrogen-bond donors (Lipinski definition) is 1. The Hall–Kier alpha value is -3.75.